The van der Waals surface area contributed by atoms with Crippen molar-refractivity contribution >= 4 is 11.8 Å². The fraction of sp³-hybridized carbons (Fsp3) is 0.400. The zero-order valence-corrected chi connectivity index (χ0v) is 23.0. The maximum Gasteiger partial charge on any atom is 0.337 e. The molecule has 38 heavy (non-hydrogen) atoms. The van der Waals surface area contributed by atoms with E-state index in [1.165, 1.54) is 0 Å². The summed E-state index contributed by atoms with van der Waals surface area (Å²) in [7, 11) is 6.29. The monoisotopic (exact) mass is 521 g/mol. The second kappa shape index (κ2) is 11.2. The SMILES string of the molecule is COc1ccc([C@@H]2CC(=O)C3=C(C2)NC(C)=C(C(=O)OC(C)C)[C@H]3c2cccc(OC)c2OC)cc1OC. The van der Waals surface area contributed by atoms with Crippen LogP contribution >= 0.6 is 0 Å². The number of hydrogen-bond donors (Lipinski definition) is 1. The van der Waals surface area contributed by atoms with Crippen molar-refractivity contribution in [1.82, 2.24) is 5.32 Å². The first-order valence-corrected chi connectivity index (χ1v) is 12.6. The molecule has 1 aliphatic carbocycles. The highest BCUT2D eigenvalue weighted by atomic mass is 16.5. The van der Waals surface area contributed by atoms with Gasteiger partial charge < -0.3 is 29.0 Å². The topological polar surface area (TPSA) is 92.3 Å². The average molecular weight is 522 g/mol. The first-order valence-electron chi connectivity index (χ1n) is 12.6. The molecule has 0 fully saturated rings. The molecule has 4 rings (SSSR count). The van der Waals surface area contributed by atoms with Crippen molar-refractivity contribution in [2.24, 2.45) is 0 Å². The van der Waals surface area contributed by atoms with Gasteiger partial charge in [-0.25, -0.2) is 4.79 Å². The number of esters is 1. The number of benzene rings is 2. The van der Waals surface area contributed by atoms with Crippen LogP contribution in [0.1, 0.15) is 56.6 Å². The summed E-state index contributed by atoms with van der Waals surface area (Å²) in [6.07, 6.45) is 0.551. The van der Waals surface area contributed by atoms with E-state index in [1.807, 2.05) is 37.3 Å². The van der Waals surface area contributed by atoms with Crippen LogP contribution in [-0.2, 0) is 14.3 Å². The minimum absolute atomic E-state index is 0.0456. The first kappa shape index (κ1) is 27.1. The van der Waals surface area contributed by atoms with E-state index in [0.29, 0.717) is 51.8 Å². The third-order valence-electron chi connectivity index (χ3n) is 7.01. The molecule has 1 aliphatic heterocycles. The lowest BCUT2D eigenvalue weighted by molar-refractivity contribution is -0.143. The summed E-state index contributed by atoms with van der Waals surface area (Å²) in [5.41, 5.74) is 4.02. The Morgan fingerprint density at radius 1 is 0.921 bits per heavy atom. The van der Waals surface area contributed by atoms with E-state index in [1.54, 1.807) is 48.4 Å². The van der Waals surface area contributed by atoms with Gasteiger partial charge in [0, 0.05) is 29.0 Å². The lowest BCUT2D eigenvalue weighted by atomic mass is 9.71. The highest BCUT2D eigenvalue weighted by molar-refractivity contribution is 6.04. The van der Waals surface area contributed by atoms with Crippen molar-refractivity contribution in [3.63, 3.8) is 0 Å². The Kier molecular flexibility index (Phi) is 7.99. The van der Waals surface area contributed by atoms with Crippen molar-refractivity contribution < 1.29 is 33.3 Å². The van der Waals surface area contributed by atoms with Crippen molar-refractivity contribution in [2.45, 2.75) is 51.6 Å². The molecule has 0 saturated heterocycles. The third-order valence-corrected chi connectivity index (χ3v) is 7.01. The number of carbonyl (C=O) groups is 2. The molecular weight excluding hydrogens is 486 g/mol. The number of rotatable bonds is 8. The molecule has 8 heteroatoms. The van der Waals surface area contributed by atoms with Gasteiger partial charge in [-0.2, -0.15) is 0 Å². The van der Waals surface area contributed by atoms with E-state index in [0.717, 1.165) is 11.3 Å². The number of methoxy groups -OCH3 is 4. The zero-order valence-electron chi connectivity index (χ0n) is 23.0. The van der Waals surface area contributed by atoms with Gasteiger partial charge in [0.05, 0.1) is 46.0 Å². The number of hydrogen-bond acceptors (Lipinski definition) is 8. The number of dihydropyridines is 1. The molecule has 2 aliphatic rings. The highest BCUT2D eigenvalue weighted by Crippen LogP contribution is 2.49. The molecule has 0 radical (unpaired) electrons. The fourth-order valence-electron chi connectivity index (χ4n) is 5.38. The van der Waals surface area contributed by atoms with E-state index in [2.05, 4.69) is 5.32 Å². The molecule has 0 aromatic heterocycles. The molecule has 1 heterocycles. The standard InChI is InChI=1S/C30H35NO7/c1-16(2)38-30(33)26-17(3)31-21-13-19(18-11-12-23(34-4)25(15-18)36-6)14-22(32)28(21)27(26)20-9-8-10-24(35-5)29(20)37-7/h8-12,15-16,19,27,31H,13-14H2,1-7H3/t19-,27+/m0/s1. The van der Waals surface area contributed by atoms with Gasteiger partial charge in [0.25, 0.3) is 0 Å². The van der Waals surface area contributed by atoms with Crippen LogP contribution in [0.25, 0.3) is 0 Å². The van der Waals surface area contributed by atoms with E-state index in [-0.39, 0.29) is 24.2 Å². The Morgan fingerprint density at radius 3 is 2.26 bits per heavy atom. The average Bonchev–Trinajstić information content (AvgIpc) is 2.90. The Balaban J connectivity index is 1.84. The number of nitrogens with one attached hydrogen (secondary N) is 1. The van der Waals surface area contributed by atoms with Crippen LogP contribution in [0.2, 0.25) is 0 Å². The van der Waals surface area contributed by atoms with Crippen LogP contribution in [0.15, 0.2) is 58.9 Å². The summed E-state index contributed by atoms with van der Waals surface area (Å²) < 4.78 is 27.8. The van der Waals surface area contributed by atoms with Gasteiger partial charge in [-0.3, -0.25) is 4.79 Å². The minimum Gasteiger partial charge on any atom is -0.493 e. The molecule has 1 N–H and O–H groups in total. The molecule has 2 atom stereocenters. The quantitative estimate of drug-likeness (QED) is 0.484. The normalized spacial score (nSPS) is 19.1. The van der Waals surface area contributed by atoms with Gasteiger partial charge in [-0.05, 0) is 56.9 Å². The molecule has 8 nitrogen and oxygen atoms in total. The van der Waals surface area contributed by atoms with Crippen LogP contribution < -0.4 is 24.3 Å². The van der Waals surface area contributed by atoms with Crippen molar-refractivity contribution in [3.05, 3.63) is 70.1 Å². The second-order valence-corrected chi connectivity index (χ2v) is 9.67. The van der Waals surface area contributed by atoms with Crippen LogP contribution in [0.3, 0.4) is 0 Å². The number of ketones is 1. The molecule has 0 amide bonds. The summed E-state index contributed by atoms with van der Waals surface area (Å²) in [6, 6.07) is 11.2. The Bertz CT molecular complexity index is 1310. The maximum atomic E-state index is 13.9. The summed E-state index contributed by atoms with van der Waals surface area (Å²) in [5, 5.41) is 3.38. The molecule has 202 valence electrons. The summed E-state index contributed by atoms with van der Waals surface area (Å²) in [5.74, 6) is 0.989. The number of carbonyl (C=O) groups excluding carboxylic acids is 2. The maximum absolute atomic E-state index is 13.9. The van der Waals surface area contributed by atoms with Crippen molar-refractivity contribution in [1.29, 1.82) is 0 Å². The van der Waals surface area contributed by atoms with Crippen LogP contribution in [0.4, 0.5) is 0 Å². The number of para-hydroxylation sites is 1. The van der Waals surface area contributed by atoms with Gasteiger partial charge in [0.15, 0.2) is 28.8 Å². The summed E-state index contributed by atoms with van der Waals surface area (Å²) >= 11 is 0. The highest BCUT2D eigenvalue weighted by Gasteiger charge is 2.43. The second-order valence-electron chi connectivity index (χ2n) is 9.67. The van der Waals surface area contributed by atoms with Crippen LogP contribution in [0, 0.1) is 0 Å². The summed E-state index contributed by atoms with van der Waals surface area (Å²) in [6.45, 7) is 5.44. The molecule has 0 unspecified atom stereocenters. The van der Waals surface area contributed by atoms with Crippen LogP contribution in [0.5, 0.6) is 23.0 Å². The Morgan fingerprint density at radius 2 is 1.63 bits per heavy atom. The van der Waals surface area contributed by atoms with Gasteiger partial charge >= 0.3 is 5.97 Å². The van der Waals surface area contributed by atoms with E-state index in [9.17, 15) is 9.59 Å². The Labute approximate surface area is 223 Å². The Hall–Kier alpha value is -3.94. The van der Waals surface area contributed by atoms with Crippen molar-refractivity contribution in [2.75, 3.05) is 28.4 Å². The predicted molar refractivity (Wildman–Crippen MR) is 143 cm³/mol. The number of allylic oxidation sites excluding steroid dienone is 3. The van der Waals surface area contributed by atoms with Gasteiger partial charge in [0.1, 0.15) is 0 Å². The summed E-state index contributed by atoms with van der Waals surface area (Å²) in [4.78, 5) is 27.3. The van der Waals surface area contributed by atoms with E-state index < -0.39 is 11.9 Å². The van der Waals surface area contributed by atoms with Crippen LogP contribution in [-0.4, -0.2) is 46.3 Å². The molecular formula is C30H35NO7. The van der Waals surface area contributed by atoms with E-state index >= 15 is 0 Å². The zero-order chi connectivity index (χ0) is 27.6. The van der Waals surface area contributed by atoms with Crippen molar-refractivity contribution in [3.8, 4) is 23.0 Å². The minimum atomic E-state index is -0.665. The first-order chi connectivity index (χ1) is 18.2. The molecule has 0 bridgehead atoms. The largest absolute Gasteiger partial charge is 0.493 e. The van der Waals surface area contributed by atoms with Gasteiger partial charge in [-0.15, -0.1) is 0 Å². The molecule has 0 saturated carbocycles. The predicted octanol–water partition coefficient (Wildman–Crippen LogP) is 5.03. The lowest BCUT2D eigenvalue weighted by Crippen LogP contribution is -2.36. The number of Topliss-reactive ketones (excluding diaryl/α,β-unsaturated/α-hetero) is 1. The number of ether oxygens (including phenoxy) is 5. The van der Waals surface area contributed by atoms with Gasteiger partial charge in [-0.1, -0.05) is 18.2 Å². The molecule has 2 aromatic rings. The smallest absolute Gasteiger partial charge is 0.337 e. The molecule has 2 aromatic carbocycles. The van der Waals surface area contributed by atoms with E-state index in [4.69, 9.17) is 23.7 Å². The fourth-order valence-corrected chi connectivity index (χ4v) is 5.38. The third kappa shape index (κ3) is 4.95. The lowest BCUT2D eigenvalue weighted by Gasteiger charge is -2.37. The molecule has 0 spiro atoms. The van der Waals surface area contributed by atoms with Gasteiger partial charge in [0.2, 0.25) is 0 Å².